The molecule has 0 amide bonds. The topological polar surface area (TPSA) is 47.8 Å². The SMILES string of the molecule is CC(C)n1ncnc1CC(=O)C1CCCCC1C(F)(F)F. The van der Waals surface area contributed by atoms with E-state index in [0.717, 1.165) is 0 Å². The van der Waals surface area contributed by atoms with Crippen molar-refractivity contribution in [2.75, 3.05) is 0 Å². The van der Waals surface area contributed by atoms with Crippen LogP contribution in [0, 0.1) is 11.8 Å². The first-order valence-electron chi connectivity index (χ1n) is 7.28. The third-order valence-electron chi connectivity index (χ3n) is 4.07. The highest BCUT2D eigenvalue weighted by atomic mass is 19.4. The molecular formula is C14H20F3N3O. The Labute approximate surface area is 121 Å². The Morgan fingerprint density at radius 1 is 1.38 bits per heavy atom. The molecule has 0 aromatic carbocycles. The lowest BCUT2D eigenvalue weighted by Gasteiger charge is -2.32. The number of ketones is 1. The number of aromatic nitrogens is 3. The maximum absolute atomic E-state index is 13.1. The molecule has 21 heavy (non-hydrogen) atoms. The van der Waals surface area contributed by atoms with Gasteiger partial charge in [-0.05, 0) is 26.7 Å². The van der Waals surface area contributed by atoms with Crippen molar-refractivity contribution in [2.45, 2.75) is 58.2 Å². The Hall–Kier alpha value is -1.40. The minimum absolute atomic E-state index is 0.0278. The predicted molar refractivity (Wildman–Crippen MR) is 70.6 cm³/mol. The summed E-state index contributed by atoms with van der Waals surface area (Å²) in [5.41, 5.74) is 0. The lowest BCUT2D eigenvalue weighted by Crippen LogP contribution is -2.38. The van der Waals surface area contributed by atoms with Gasteiger partial charge in [0, 0.05) is 12.0 Å². The monoisotopic (exact) mass is 303 g/mol. The molecule has 2 atom stereocenters. The van der Waals surface area contributed by atoms with Crippen molar-refractivity contribution in [3.8, 4) is 0 Å². The van der Waals surface area contributed by atoms with Crippen LogP contribution in [-0.2, 0) is 11.2 Å². The number of carbonyl (C=O) groups is 1. The van der Waals surface area contributed by atoms with Crippen LogP contribution in [0.4, 0.5) is 13.2 Å². The minimum Gasteiger partial charge on any atom is -0.299 e. The highest BCUT2D eigenvalue weighted by Gasteiger charge is 2.47. The molecule has 1 aromatic heterocycles. The normalized spacial score (nSPS) is 23.5. The molecule has 2 unspecified atom stereocenters. The molecule has 0 N–H and O–H groups in total. The van der Waals surface area contributed by atoms with Crippen LogP contribution >= 0.6 is 0 Å². The number of hydrogen-bond acceptors (Lipinski definition) is 3. The van der Waals surface area contributed by atoms with Crippen molar-refractivity contribution in [3.05, 3.63) is 12.2 Å². The average molecular weight is 303 g/mol. The van der Waals surface area contributed by atoms with Crippen molar-refractivity contribution in [2.24, 2.45) is 11.8 Å². The highest BCUT2D eigenvalue weighted by Crippen LogP contribution is 2.42. The zero-order valence-corrected chi connectivity index (χ0v) is 12.2. The Kier molecular flexibility index (Phi) is 4.68. The molecule has 0 radical (unpaired) electrons. The van der Waals surface area contributed by atoms with Crippen LogP contribution in [0.5, 0.6) is 0 Å². The van der Waals surface area contributed by atoms with E-state index in [1.165, 1.54) is 6.33 Å². The highest BCUT2D eigenvalue weighted by molar-refractivity contribution is 5.83. The predicted octanol–water partition coefficient (Wildman–Crippen LogP) is 3.34. The quantitative estimate of drug-likeness (QED) is 0.857. The number of nitrogens with zero attached hydrogens (tertiary/aromatic N) is 3. The lowest BCUT2D eigenvalue weighted by atomic mass is 9.76. The summed E-state index contributed by atoms with van der Waals surface area (Å²) < 4.78 is 40.7. The Bertz CT molecular complexity index is 496. The van der Waals surface area contributed by atoms with Crippen molar-refractivity contribution < 1.29 is 18.0 Å². The summed E-state index contributed by atoms with van der Waals surface area (Å²) in [5, 5.41) is 4.01. The maximum atomic E-state index is 13.1. The fourth-order valence-corrected chi connectivity index (χ4v) is 3.03. The van der Waals surface area contributed by atoms with Gasteiger partial charge in [-0.3, -0.25) is 4.79 Å². The fourth-order valence-electron chi connectivity index (χ4n) is 3.03. The summed E-state index contributed by atoms with van der Waals surface area (Å²) in [5.74, 6) is -2.36. The number of halogens is 3. The van der Waals surface area contributed by atoms with Gasteiger partial charge < -0.3 is 0 Å². The number of hydrogen-bond donors (Lipinski definition) is 0. The molecule has 1 heterocycles. The van der Waals surface area contributed by atoms with E-state index in [4.69, 9.17) is 0 Å². The molecule has 0 aliphatic heterocycles. The molecule has 7 heteroatoms. The summed E-state index contributed by atoms with van der Waals surface area (Å²) in [7, 11) is 0. The summed E-state index contributed by atoms with van der Waals surface area (Å²) >= 11 is 0. The molecule has 2 rings (SSSR count). The molecule has 1 fully saturated rings. The third kappa shape index (κ3) is 3.63. The van der Waals surface area contributed by atoms with Crippen molar-refractivity contribution in [1.82, 2.24) is 14.8 Å². The van der Waals surface area contributed by atoms with E-state index in [1.807, 2.05) is 13.8 Å². The van der Waals surface area contributed by atoms with Gasteiger partial charge in [0.1, 0.15) is 17.9 Å². The molecule has 1 saturated carbocycles. The number of Topliss-reactive ketones (excluding diaryl/α,β-unsaturated/α-hetero) is 1. The van der Waals surface area contributed by atoms with Crippen LogP contribution < -0.4 is 0 Å². The number of alkyl halides is 3. The molecular weight excluding hydrogens is 283 g/mol. The van der Waals surface area contributed by atoms with Gasteiger partial charge in [-0.1, -0.05) is 12.8 Å². The van der Waals surface area contributed by atoms with Gasteiger partial charge in [0.2, 0.25) is 0 Å². The van der Waals surface area contributed by atoms with Crippen LogP contribution in [-0.4, -0.2) is 26.7 Å². The number of rotatable bonds is 4. The Morgan fingerprint density at radius 3 is 2.67 bits per heavy atom. The largest absolute Gasteiger partial charge is 0.392 e. The summed E-state index contributed by atoms with van der Waals surface area (Å²) in [6.45, 7) is 3.78. The van der Waals surface area contributed by atoms with Gasteiger partial charge in [-0.2, -0.15) is 18.3 Å². The van der Waals surface area contributed by atoms with Gasteiger partial charge >= 0.3 is 6.18 Å². The first-order valence-corrected chi connectivity index (χ1v) is 7.28. The van der Waals surface area contributed by atoms with E-state index in [2.05, 4.69) is 10.1 Å². The van der Waals surface area contributed by atoms with Gasteiger partial charge in [0.15, 0.2) is 0 Å². The molecule has 0 bridgehead atoms. The summed E-state index contributed by atoms with van der Waals surface area (Å²) in [4.78, 5) is 16.3. The molecule has 4 nitrogen and oxygen atoms in total. The van der Waals surface area contributed by atoms with Gasteiger partial charge in [0.05, 0.1) is 12.3 Å². The maximum Gasteiger partial charge on any atom is 0.392 e. The Morgan fingerprint density at radius 2 is 2.05 bits per heavy atom. The van der Waals surface area contributed by atoms with Crippen LogP contribution in [0.15, 0.2) is 6.33 Å². The molecule has 0 spiro atoms. The first kappa shape index (κ1) is 16.0. The van der Waals surface area contributed by atoms with E-state index >= 15 is 0 Å². The molecule has 1 aromatic rings. The molecule has 1 aliphatic rings. The van der Waals surface area contributed by atoms with E-state index < -0.39 is 18.0 Å². The van der Waals surface area contributed by atoms with E-state index in [9.17, 15) is 18.0 Å². The first-order chi connectivity index (χ1) is 9.80. The molecule has 0 saturated heterocycles. The van der Waals surface area contributed by atoms with Gasteiger partial charge in [-0.15, -0.1) is 0 Å². The van der Waals surface area contributed by atoms with E-state index in [1.54, 1.807) is 4.68 Å². The van der Waals surface area contributed by atoms with Crippen LogP contribution in [0.1, 0.15) is 51.4 Å². The van der Waals surface area contributed by atoms with Gasteiger partial charge in [-0.25, -0.2) is 9.67 Å². The van der Waals surface area contributed by atoms with Gasteiger partial charge in [0.25, 0.3) is 0 Å². The second-order valence-corrected chi connectivity index (χ2v) is 5.90. The second kappa shape index (κ2) is 6.15. The lowest BCUT2D eigenvalue weighted by molar-refractivity contribution is -0.197. The molecule has 1 aliphatic carbocycles. The zero-order chi connectivity index (χ0) is 15.6. The summed E-state index contributed by atoms with van der Waals surface area (Å²) in [6, 6.07) is 0.0278. The van der Waals surface area contributed by atoms with Crippen LogP contribution in [0.2, 0.25) is 0 Å². The zero-order valence-electron chi connectivity index (χ0n) is 12.2. The van der Waals surface area contributed by atoms with E-state index in [-0.39, 0.29) is 24.7 Å². The van der Waals surface area contributed by atoms with Crippen LogP contribution in [0.25, 0.3) is 0 Å². The third-order valence-corrected chi connectivity index (χ3v) is 4.07. The minimum atomic E-state index is -4.30. The number of carbonyl (C=O) groups excluding carboxylic acids is 1. The smallest absolute Gasteiger partial charge is 0.299 e. The Balaban J connectivity index is 2.12. The van der Waals surface area contributed by atoms with Crippen molar-refractivity contribution >= 4 is 5.78 Å². The standard InChI is InChI=1S/C14H20F3N3O/c1-9(2)20-13(18-8-19-20)7-12(21)10-5-3-4-6-11(10)14(15,16)17/h8-11H,3-7H2,1-2H3. The van der Waals surface area contributed by atoms with Crippen molar-refractivity contribution in [1.29, 1.82) is 0 Å². The van der Waals surface area contributed by atoms with Crippen molar-refractivity contribution in [3.63, 3.8) is 0 Å². The summed E-state index contributed by atoms with van der Waals surface area (Å²) in [6.07, 6.45) is -1.45. The second-order valence-electron chi connectivity index (χ2n) is 5.90. The fraction of sp³-hybridized carbons (Fsp3) is 0.786. The van der Waals surface area contributed by atoms with Crippen LogP contribution in [0.3, 0.4) is 0 Å². The van der Waals surface area contributed by atoms with E-state index in [0.29, 0.717) is 25.1 Å². The average Bonchev–Trinajstić information content (AvgIpc) is 2.86. The molecule has 118 valence electrons.